The molecule has 3 N–H and O–H groups in total. The molecular formula is C23H26N5O3+. The number of likely N-dealkylation sites (tertiary alicyclic amines) is 1. The molecule has 1 fully saturated rings. The van der Waals surface area contributed by atoms with Gasteiger partial charge in [0, 0.05) is 17.0 Å². The largest absolute Gasteiger partial charge is 0.494 e. The third-order valence-corrected chi connectivity index (χ3v) is 5.63. The molecule has 1 amide bonds. The second-order valence-corrected chi connectivity index (χ2v) is 7.72. The first-order valence-electron chi connectivity index (χ1n) is 10.6. The van der Waals surface area contributed by atoms with Crippen LogP contribution in [-0.4, -0.2) is 46.4 Å². The first-order chi connectivity index (χ1) is 15.1. The fraction of sp³-hybridized carbons (Fsp3) is 0.304. The third kappa shape index (κ3) is 4.64. The van der Waals surface area contributed by atoms with Crippen molar-refractivity contribution in [3.63, 3.8) is 0 Å². The first-order valence-corrected chi connectivity index (χ1v) is 10.6. The molecule has 0 radical (unpaired) electrons. The first kappa shape index (κ1) is 20.7. The molecule has 1 aromatic carbocycles. The van der Waals surface area contributed by atoms with Crippen molar-refractivity contribution in [2.75, 3.05) is 19.6 Å². The average Bonchev–Trinajstić information content (AvgIpc) is 2.81. The summed E-state index contributed by atoms with van der Waals surface area (Å²) in [6.45, 7) is 3.02. The van der Waals surface area contributed by atoms with Crippen LogP contribution >= 0.6 is 0 Å². The highest BCUT2D eigenvalue weighted by Gasteiger charge is 2.17. The van der Waals surface area contributed by atoms with E-state index in [-0.39, 0.29) is 17.3 Å². The van der Waals surface area contributed by atoms with Crippen LogP contribution in [0.1, 0.15) is 31.2 Å². The van der Waals surface area contributed by atoms with Gasteiger partial charge in [0.2, 0.25) is 11.8 Å². The Balaban J connectivity index is 1.58. The van der Waals surface area contributed by atoms with E-state index in [1.165, 1.54) is 30.4 Å². The minimum absolute atomic E-state index is 0.170. The molecule has 0 saturated carbocycles. The summed E-state index contributed by atoms with van der Waals surface area (Å²) in [4.78, 5) is 30.8. The highest BCUT2D eigenvalue weighted by Crippen LogP contribution is 2.24. The van der Waals surface area contributed by atoms with Gasteiger partial charge in [0.25, 0.3) is 5.56 Å². The Bertz CT molecular complexity index is 1150. The standard InChI is InChI=1S/C23H25N5O3/c29-21(11-15-27-13-6-1-7-14-27)26-25-16-19-17-8-2-3-9-18(17)22(30)28(23(19)31)20-10-4-5-12-24-20/h2-5,8-10,12,16,31H,1,6-7,11,13-15H2,(H,26,29)/p+1/b25-16+. The Labute approximate surface area is 179 Å². The number of amides is 1. The molecule has 1 saturated heterocycles. The number of hydrazone groups is 1. The van der Waals surface area contributed by atoms with Crippen LogP contribution in [0.15, 0.2) is 58.6 Å². The van der Waals surface area contributed by atoms with E-state index in [0.717, 1.165) is 24.2 Å². The Kier molecular flexibility index (Phi) is 6.37. The van der Waals surface area contributed by atoms with E-state index in [1.54, 1.807) is 48.7 Å². The van der Waals surface area contributed by atoms with Crippen molar-refractivity contribution in [3.8, 4) is 11.7 Å². The van der Waals surface area contributed by atoms with Crippen LogP contribution in [0.4, 0.5) is 0 Å². The lowest BCUT2D eigenvalue weighted by Gasteiger charge is -2.22. The summed E-state index contributed by atoms with van der Waals surface area (Å²) in [5.41, 5.74) is 2.50. The monoisotopic (exact) mass is 420 g/mol. The quantitative estimate of drug-likeness (QED) is 0.409. The predicted octanol–water partition coefficient (Wildman–Crippen LogP) is 1.00. The molecule has 3 aromatic rings. The summed E-state index contributed by atoms with van der Waals surface area (Å²) in [5, 5.41) is 15.9. The summed E-state index contributed by atoms with van der Waals surface area (Å²) < 4.78 is 1.14. The molecule has 2 aromatic heterocycles. The number of nitrogens with one attached hydrogen (secondary N) is 2. The molecule has 3 heterocycles. The van der Waals surface area contributed by atoms with E-state index in [1.807, 2.05) is 0 Å². The van der Waals surface area contributed by atoms with Gasteiger partial charge in [0.15, 0.2) is 0 Å². The molecule has 0 aliphatic carbocycles. The molecule has 8 heteroatoms. The van der Waals surface area contributed by atoms with Gasteiger partial charge in [0.1, 0.15) is 5.82 Å². The van der Waals surface area contributed by atoms with Gasteiger partial charge in [0.05, 0.1) is 37.8 Å². The fourth-order valence-electron chi connectivity index (χ4n) is 4.00. The van der Waals surface area contributed by atoms with Gasteiger partial charge in [-0.25, -0.2) is 15.0 Å². The van der Waals surface area contributed by atoms with Crippen molar-refractivity contribution in [2.24, 2.45) is 5.10 Å². The lowest BCUT2D eigenvalue weighted by Crippen LogP contribution is -3.12. The number of hydrogen-bond donors (Lipinski definition) is 3. The predicted molar refractivity (Wildman–Crippen MR) is 119 cm³/mol. The molecule has 0 spiro atoms. The summed E-state index contributed by atoms with van der Waals surface area (Å²) in [6, 6.07) is 12.1. The van der Waals surface area contributed by atoms with E-state index in [4.69, 9.17) is 0 Å². The van der Waals surface area contributed by atoms with Crippen LogP contribution < -0.4 is 15.9 Å². The maximum Gasteiger partial charge on any atom is 0.267 e. The van der Waals surface area contributed by atoms with Gasteiger partial charge < -0.3 is 10.0 Å². The maximum atomic E-state index is 13.0. The Morgan fingerprint density at radius 1 is 1.13 bits per heavy atom. The highest BCUT2D eigenvalue weighted by molar-refractivity contribution is 6.01. The molecule has 8 nitrogen and oxygen atoms in total. The van der Waals surface area contributed by atoms with Crippen molar-refractivity contribution in [1.82, 2.24) is 15.0 Å². The SMILES string of the molecule is O=C(CC[NH+]1CCCCC1)N/N=C/c1c(O)n(-c2ccccn2)c(=O)c2ccccc12. The van der Waals surface area contributed by atoms with Crippen LogP contribution in [-0.2, 0) is 4.79 Å². The normalized spacial score (nSPS) is 14.8. The van der Waals surface area contributed by atoms with E-state index < -0.39 is 0 Å². The number of rotatable bonds is 6. The number of benzene rings is 1. The second kappa shape index (κ2) is 9.53. The number of aromatic nitrogens is 2. The second-order valence-electron chi connectivity index (χ2n) is 7.72. The number of nitrogens with zero attached hydrogens (tertiary/aromatic N) is 3. The van der Waals surface area contributed by atoms with Gasteiger partial charge in [-0.3, -0.25) is 9.59 Å². The van der Waals surface area contributed by atoms with Crippen molar-refractivity contribution in [1.29, 1.82) is 0 Å². The molecule has 0 atom stereocenters. The Hall–Kier alpha value is -3.52. The third-order valence-electron chi connectivity index (χ3n) is 5.63. The van der Waals surface area contributed by atoms with Gasteiger partial charge in [-0.05, 0) is 37.5 Å². The number of piperidine rings is 1. The topological polar surface area (TPSA) is 101 Å². The van der Waals surface area contributed by atoms with E-state index >= 15 is 0 Å². The van der Waals surface area contributed by atoms with Gasteiger partial charge in [-0.15, -0.1) is 0 Å². The minimum Gasteiger partial charge on any atom is -0.494 e. The van der Waals surface area contributed by atoms with Crippen LogP contribution in [0.2, 0.25) is 0 Å². The molecule has 31 heavy (non-hydrogen) atoms. The number of quaternary nitrogens is 1. The van der Waals surface area contributed by atoms with Gasteiger partial charge in [-0.2, -0.15) is 5.10 Å². The van der Waals surface area contributed by atoms with Gasteiger partial charge in [-0.1, -0.05) is 24.3 Å². The van der Waals surface area contributed by atoms with Crippen LogP contribution in [0.25, 0.3) is 16.6 Å². The number of aromatic hydroxyl groups is 1. The number of carbonyl (C=O) groups excluding carboxylic acids is 1. The van der Waals surface area contributed by atoms with E-state index in [0.29, 0.717) is 28.6 Å². The summed E-state index contributed by atoms with van der Waals surface area (Å²) in [7, 11) is 0. The van der Waals surface area contributed by atoms with Crippen LogP contribution in [0.3, 0.4) is 0 Å². The zero-order valence-corrected chi connectivity index (χ0v) is 17.3. The number of carbonyl (C=O) groups is 1. The minimum atomic E-state index is -0.377. The van der Waals surface area contributed by atoms with E-state index in [9.17, 15) is 14.7 Å². The highest BCUT2D eigenvalue weighted by atomic mass is 16.3. The molecule has 0 bridgehead atoms. The molecule has 1 aliphatic rings. The molecule has 1 aliphatic heterocycles. The van der Waals surface area contributed by atoms with Gasteiger partial charge >= 0.3 is 0 Å². The zero-order chi connectivity index (χ0) is 21.6. The Morgan fingerprint density at radius 2 is 1.87 bits per heavy atom. The number of hydrogen-bond acceptors (Lipinski definition) is 5. The van der Waals surface area contributed by atoms with Crippen molar-refractivity contribution < 1.29 is 14.8 Å². The zero-order valence-electron chi connectivity index (χ0n) is 17.3. The number of fused-ring (bicyclic) bond motifs is 1. The molecular weight excluding hydrogens is 394 g/mol. The molecule has 160 valence electrons. The Morgan fingerprint density at radius 3 is 2.61 bits per heavy atom. The van der Waals surface area contributed by atoms with Crippen molar-refractivity contribution in [3.05, 3.63) is 64.6 Å². The summed E-state index contributed by atoms with van der Waals surface area (Å²) >= 11 is 0. The smallest absolute Gasteiger partial charge is 0.267 e. The summed E-state index contributed by atoms with van der Waals surface area (Å²) in [5.74, 6) is -0.145. The lowest BCUT2D eigenvalue weighted by atomic mass is 10.1. The maximum absolute atomic E-state index is 13.0. The number of pyridine rings is 2. The van der Waals surface area contributed by atoms with Crippen molar-refractivity contribution in [2.45, 2.75) is 25.7 Å². The van der Waals surface area contributed by atoms with Crippen molar-refractivity contribution >= 4 is 22.9 Å². The summed E-state index contributed by atoms with van der Waals surface area (Å²) in [6.07, 6.45) is 7.03. The fourth-order valence-corrected chi connectivity index (χ4v) is 4.00. The lowest BCUT2D eigenvalue weighted by molar-refractivity contribution is -0.904. The molecule has 4 rings (SSSR count). The van der Waals surface area contributed by atoms with Crippen LogP contribution in [0.5, 0.6) is 5.88 Å². The average molecular weight is 420 g/mol. The molecule has 0 unspecified atom stereocenters. The van der Waals surface area contributed by atoms with Crippen LogP contribution in [0, 0.1) is 0 Å². The van der Waals surface area contributed by atoms with E-state index in [2.05, 4.69) is 15.5 Å².